The highest BCUT2D eigenvalue weighted by Gasteiger charge is 2.32. The van der Waals surface area contributed by atoms with Gasteiger partial charge in [0.15, 0.2) is 11.5 Å². The van der Waals surface area contributed by atoms with Crippen molar-refractivity contribution in [2.24, 2.45) is 0 Å². The van der Waals surface area contributed by atoms with Gasteiger partial charge in [-0.25, -0.2) is 14.4 Å². The van der Waals surface area contributed by atoms with Crippen molar-refractivity contribution in [2.45, 2.75) is 44.5 Å². The third-order valence-electron chi connectivity index (χ3n) is 5.83. The number of hydrogen-bond acceptors (Lipinski definition) is 8. The van der Waals surface area contributed by atoms with E-state index in [9.17, 15) is 9.50 Å². The van der Waals surface area contributed by atoms with Gasteiger partial charge in [-0.2, -0.15) is 9.61 Å². The van der Waals surface area contributed by atoms with Gasteiger partial charge in [-0.1, -0.05) is 6.07 Å². The molecule has 10 nitrogen and oxygen atoms in total. The van der Waals surface area contributed by atoms with Crippen molar-refractivity contribution >= 4 is 28.2 Å². The van der Waals surface area contributed by atoms with Crippen LogP contribution in [0.25, 0.3) is 16.6 Å². The number of aromatic nitrogens is 6. The van der Waals surface area contributed by atoms with Crippen LogP contribution < -0.4 is 15.4 Å². The lowest BCUT2D eigenvalue weighted by Crippen LogP contribution is -2.41. The number of ether oxygens (including phenoxy) is 1. The van der Waals surface area contributed by atoms with E-state index < -0.39 is 11.8 Å². The average Bonchev–Trinajstić information content (AvgIpc) is 3.40. The average molecular weight is 455 g/mol. The number of halogens is 1. The van der Waals surface area contributed by atoms with Crippen LogP contribution in [-0.2, 0) is 6.54 Å². The van der Waals surface area contributed by atoms with Crippen molar-refractivity contribution in [3.63, 3.8) is 0 Å². The molecular formula is C22H27FN8O2. The van der Waals surface area contributed by atoms with Crippen molar-refractivity contribution < 1.29 is 14.2 Å². The fourth-order valence-corrected chi connectivity index (χ4v) is 4.41. The fourth-order valence-electron chi connectivity index (χ4n) is 4.41. The summed E-state index contributed by atoms with van der Waals surface area (Å²) in [6, 6.07) is 5.56. The first-order valence-corrected chi connectivity index (χ1v) is 10.8. The second-order valence-corrected chi connectivity index (χ2v) is 9.18. The van der Waals surface area contributed by atoms with Crippen LogP contribution >= 0.6 is 0 Å². The number of hydrogen-bond donors (Lipinski definition) is 2. The number of methoxy groups -OCH3 is 1. The third kappa shape index (κ3) is 4.04. The molecule has 0 radical (unpaired) electrons. The molecule has 3 N–H and O–H groups in total. The number of rotatable bonds is 5. The van der Waals surface area contributed by atoms with Gasteiger partial charge in [0, 0.05) is 30.6 Å². The van der Waals surface area contributed by atoms with Crippen LogP contribution in [0.1, 0.15) is 32.0 Å². The van der Waals surface area contributed by atoms with Gasteiger partial charge in [-0.15, -0.1) is 5.10 Å². The number of alkyl halides is 1. The molecule has 1 aromatic carbocycles. The molecule has 3 aromatic heterocycles. The fraction of sp³-hybridized carbons (Fsp3) is 0.455. The van der Waals surface area contributed by atoms with Crippen LogP contribution in [0.5, 0.6) is 5.75 Å². The molecule has 11 heteroatoms. The zero-order valence-corrected chi connectivity index (χ0v) is 18.8. The lowest BCUT2D eigenvalue weighted by Gasteiger charge is -2.34. The molecule has 4 aromatic rings. The van der Waals surface area contributed by atoms with Gasteiger partial charge in [0.05, 0.1) is 31.1 Å². The predicted molar refractivity (Wildman–Crippen MR) is 122 cm³/mol. The summed E-state index contributed by atoms with van der Waals surface area (Å²) in [6.45, 7) is 4.59. The Labute approximate surface area is 189 Å². The van der Waals surface area contributed by atoms with E-state index in [1.165, 1.54) is 4.52 Å². The van der Waals surface area contributed by atoms with Crippen LogP contribution in [-0.4, -0.2) is 66.4 Å². The number of fused-ring (bicyclic) bond motifs is 3. The lowest BCUT2D eigenvalue weighted by atomic mass is 9.96. The molecule has 0 amide bonds. The van der Waals surface area contributed by atoms with Crippen molar-refractivity contribution in [1.29, 1.82) is 0 Å². The van der Waals surface area contributed by atoms with Crippen LogP contribution in [0.2, 0.25) is 0 Å². The van der Waals surface area contributed by atoms with Gasteiger partial charge in [-0.05, 0) is 32.4 Å². The van der Waals surface area contributed by atoms with Gasteiger partial charge >= 0.3 is 0 Å². The molecular weight excluding hydrogens is 427 g/mol. The van der Waals surface area contributed by atoms with E-state index in [2.05, 4.69) is 15.2 Å². The standard InChI is InChI=1S/C22H27FN8O2/c1-22(2,32)12-30-11-15(8-25-30)29-9-13(7-14(23)10-29)19-27-20-16-5-4-6-17(33-3)18(16)26-21(24)31(20)28-19/h4-6,8,11,13-14,32H,7,9-10,12H2,1-3H3,(H2,24,26). The Bertz CT molecular complexity index is 1310. The molecule has 1 aliphatic rings. The zero-order chi connectivity index (χ0) is 23.3. The molecule has 0 spiro atoms. The summed E-state index contributed by atoms with van der Waals surface area (Å²) in [6.07, 6.45) is 2.80. The Hall–Kier alpha value is -3.47. The minimum Gasteiger partial charge on any atom is -0.494 e. The summed E-state index contributed by atoms with van der Waals surface area (Å²) in [5.74, 6) is 1.08. The van der Waals surface area contributed by atoms with Crippen LogP contribution in [0.3, 0.4) is 0 Å². The molecule has 4 heterocycles. The van der Waals surface area contributed by atoms with Crippen molar-refractivity contribution in [1.82, 2.24) is 29.4 Å². The molecule has 2 unspecified atom stereocenters. The number of nitrogen functional groups attached to an aromatic ring is 1. The monoisotopic (exact) mass is 454 g/mol. The molecule has 0 aliphatic carbocycles. The zero-order valence-electron chi connectivity index (χ0n) is 18.8. The molecule has 0 saturated carbocycles. The maximum Gasteiger partial charge on any atom is 0.223 e. The number of para-hydroxylation sites is 1. The van der Waals surface area contributed by atoms with E-state index in [4.69, 9.17) is 15.5 Å². The number of nitrogens with two attached hydrogens (primary N) is 1. The number of benzene rings is 1. The molecule has 174 valence electrons. The topological polar surface area (TPSA) is 120 Å². The Kier molecular flexibility index (Phi) is 5.08. The quantitative estimate of drug-likeness (QED) is 0.471. The van der Waals surface area contributed by atoms with E-state index in [0.29, 0.717) is 42.2 Å². The van der Waals surface area contributed by atoms with Gasteiger partial charge in [0.1, 0.15) is 17.4 Å². The van der Waals surface area contributed by atoms with E-state index in [1.807, 2.05) is 29.3 Å². The van der Waals surface area contributed by atoms with Crippen LogP contribution in [0, 0.1) is 0 Å². The molecule has 2 atom stereocenters. The maximum atomic E-state index is 14.8. The smallest absolute Gasteiger partial charge is 0.223 e. The summed E-state index contributed by atoms with van der Waals surface area (Å²) in [7, 11) is 1.58. The highest BCUT2D eigenvalue weighted by Crippen LogP contribution is 2.32. The maximum absolute atomic E-state index is 14.8. The van der Waals surface area contributed by atoms with Gasteiger partial charge < -0.3 is 20.5 Å². The SMILES string of the molecule is COc1cccc2c1nc(N)n1nc(C3CC(F)CN(c4cnn(CC(C)(C)O)c4)C3)nc21. The first-order valence-electron chi connectivity index (χ1n) is 10.8. The van der Waals surface area contributed by atoms with Crippen molar-refractivity contribution in [2.75, 3.05) is 30.8 Å². The summed E-state index contributed by atoms with van der Waals surface area (Å²) in [4.78, 5) is 11.1. The number of anilines is 2. The minimum atomic E-state index is -1.04. The molecule has 1 fully saturated rings. The largest absolute Gasteiger partial charge is 0.494 e. The van der Waals surface area contributed by atoms with Crippen molar-refractivity contribution in [3.8, 4) is 5.75 Å². The van der Waals surface area contributed by atoms with E-state index >= 15 is 0 Å². The van der Waals surface area contributed by atoms with Gasteiger partial charge in [0.25, 0.3) is 0 Å². The summed E-state index contributed by atoms with van der Waals surface area (Å²) < 4.78 is 23.4. The summed E-state index contributed by atoms with van der Waals surface area (Å²) in [5.41, 5.74) is 7.25. The van der Waals surface area contributed by atoms with E-state index in [0.717, 1.165) is 11.1 Å². The van der Waals surface area contributed by atoms with Gasteiger partial charge in [0.2, 0.25) is 5.95 Å². The van der Waals surface area contributed by atoms with Crippen LogP contribution in [0.15, 0.2) is 30.6 Å². The highest BCUT2D eigenvalue weighted by atomic mass is 19.1. The van der Waals surface area contributed by atoms with Gasteiger partial charge in [-0.3, -0.25) is 4.68 Å². The molecule has 5 rings (SSSR count). The van der Waals surface area contributed by atoms with Crippen LogP contribution in [0.4, 0.5) is 16.0 Å². The predicted octanol–water partition coefficient (Wildman–Crippen LogP) is 2.17. The minimum absolute atomic E-state index is 0.193. The first-order chi connectivity index (χ1) is 15.7. The Balaban J connectivity index is 1.48. The molecule has 1 saturated heterocycles. The third-order valence-corrected chi connectivity index (χ3v) is 5.83. The van der Waals surface area contributed by atoms with E-state index in [-0.39, 0.29) is 18.4 Å². The Morgan fingerprint density at radius 3 is 2.85 bits per heavy atom. The lowest BCUT2D eigenvalue weighted by molar-refractivity contribution is 0.0577. The summed E-state index contributed by atoms with van der Waals surface area (Å²) >= 11 is 0. The highest BCUT2D eigenvalue weighted by molar-refractivity contribution is 5.95. The first kappa shape index (κ1) is 21.4. The Morgan fingerprint density at radius 1 is 1.27 bits per heavy atom. The molecule has 0 bridgehead atoms. The second-order valence-electron chi connectivity index (χ2n) is 9.18. The number of piperidine rings is 1. The molecule has 1 aliphatic heterocycles. The second kappa shape index (κ2) is 7.84. The number of nitrogens with zero attached hydrogens (tertiary/aromatic N) is 7. The summed E-state index contributed by atoms with van der Waals surface area (Å²) in [5, 5.41) is 19.7. The molecule has 33 heavy (non-hydrogen) atoms. The van der Waals surface area contributed by atoms with Crippen molar-refractivity contribution in [3.05, 3.63) is 36.4 Å². The number of aliphatic hydroxyl groups is 1. The van der Waals surface area contributed by atoms with E-state index in [1.54, 1.807) is 31.8 Å². The normalized spacial score (nSPS) is 19.5. The Morgan fingerprint density at radius 2 is 2.09 bits per heavy atom.